The van der Waals surface area contributed by atoms with E-state index in [0.717, 1.165) is 0 Å². The predicted molar refractivity (Wildman–Crippen MR) is 86.3 cm³/mol. The molecule has 1 aromatic heterocycles. The Morgan fingerprint density at radius 2 is 1.85 bits per heavy atom. The lowest BCUT2D eigenvalue weighted by molar-refractivity contribution is -0.0494. The Kier molecular flexibility index (Phi) is 5.07. The van der Waals surface area contributed by atoms with Crippen LogP contribution in [0.15, 0.2) is 48.5 Å². The molecule has 0 aliphatic carbocycles. The van der Waals surface area contributed by atoms with Crippen molar-refractivity contribution in [1.29, 1.82) is 0 Å². The minimum Gasteiger partial charge on any atom is -0.464 e. The third-order valence-corrected chi connectivity index (χ3v) is 3.39. The highest BCUT2D eigenvalue weighted by molar-refractivity contribution is 5.89. The number of nitrogens with one attached hydrogen (secondary N) is 1. The van der Waals surface area contributed by atoms with Gasteiger partial charge in [0.15, 0.2) is 0 Å². The Balaban J connectivity index is 1.82. The number of hydrogen-bond donors (Lipinski definition) is 1. The molecule has 2 aromatic carbocycles. The van der Waals surface area contributed by atoms with E-state index in [9.17, 15) is 13.6 Å². The fourth-order valence-electron chi connectivity index (χ4n) is 2.24. The minimum atomic E-state index is -2.91. The van der Waals surface area contributed by atoms with E-state index in [2.05, 4.69) is 24.9 Å². The number of esters is 1. The van der Waals surface area contributed by atoms with E-state index in [1.54, 1.807) is 42.5 Å². The molecule has 3 rings (SSSR count). The number of ether oxygens (including phenoxy) is 3. The maximum atomic E-state index is 12.5. The van der Waals surface area contributed by atoms with Crippen LogP contribution < -0.4 is 9.47 Å². The van der Waals surface area contributed by atoms with E-state index in [-0.39, 0.29) is 17.3 Å². The van der Waals surface area contributed by atoms with Gasteiger partial charge in [-0.25, -0.2) is 9.89 Å². The minimum absolute atomic E-state index is 0.0211. The second-order valence-corrected chi connectivity index (χ2v) is 4.98. The standard InChI is InChI=1S/C17H13F2N3O4/c1-24-16(23)14-15(21-22-20-14)25-11-8-6-10(7-9-11)12-4-2-3-5-13(12)26-17(18)19/h2-9,17H,1H3,(H,20,21,22). The van der Waals surface area contributed by atoms with Crippen molar-refractivity contribution < 1.29 is 27.8 Å². The van der Waals surface area contributed by atoms with Crippen LogP contribution in [-0.4, -0.2) is 35.1 Å². The first kappa shape index (κ1) is 17.3. The molecule has 0 radical (unpaired) electrons. The van der Waals surface area contributed by atoms with Crippen molar-refractivity contribution >= 4 is 5.97 Å². The van der Waals surface area contributed by atoms with Gasteiger partial charge in [0.25, 0.3) is 5.88 Å². The molecule has 0 bridgehead atoms. The lowest BCUT2D eigenvalue weighted by Gasteiger charge is -2.11. The van der Waals surface area contributed by atoms with Crippen molar-refractivity contribution in [2.45, 2.75) is 6.61 Å². The lowest BCUT2D eigenvalue weighted by atomic mass is 10.0. The number of para-hydroxylation sites is 1. The molecule has 0 fully saturated rings. The number of H-pyrrole nitrogens is 1. The van der Waals surface area contributed by atoms with Crippen LogP contribution in [-0.2, 0) is 4.74 Å². The second kappa shape index (κ2) is 7.60. The van der Waals surface area contributed by atoms with Crippen molar-refractivity contribution in [2.24, 2.45) is 0 Å². The number of methoxy groups -OCH3 is 1. The van der Waals surface area contributed by atoms with Gasteiger partial charge in [-0.3, -0.25) is 0 Å². The van der Waals surface area contributed by atoms with Crippen LogP contribution in [0.25, 0.3) is 11.1 Å². The van der Waals surface area contributed by atoms with Crippen molar-refractivity contribution in [1.82, 2.24) is 15.4 Å². The van der Waals surface area contributed by atoms with Crippen LogP contribution >= 0.6 is 0 Å². The normalized spacial score (nSPS) is 10.6. The topological polar surface area (TPSA) is 86.3 Å². The molecule has 9 heteroatoms. The summed E-state index contributed by atoms with van der Waals surface area (Å²) < 4.78 is 39.7. The molecular formula is C17H13F2N3O4. The van der Waals surface area contributed by atoms with E-state index in [1.165, 1.54) is 13.2 Å². The smallest absolute Gasteiger partial charge is 0.387 e. The van der Waals surface area contributed by atoms with Crippen LogP contribution in [0.1, 0.15) is 10.5 Å². The molecule has 7 nitrogen and oxygen atoms in total. The molecule has 0 unspecified atom stereocenters. The van der Waals surface area contributed by atoms with Gasteiger partial charge < -0.3 is 14.2 Å². The third kappa shape index (κ3) is 3.77. The molecule has 0 spiro atoms. The molecule has 26 heavy (non-hydrogen) atoms. The maximum absolute atomic E-state index is 12.5. The number of halogens is 2. The Labute approximate surface area is 146 Å². The first-order chi connectivity index (χ1) is 12.6. The second-order valence-electron chi connectivity index (χ2n) is 4.98. The summed E-state index contributed by atoms with van der Waals surface area (Å²) >= 11 is 0. The van der Waals surface area contributed by atoms with Gasteiger partial charge in [0.05, 0.1) is 7.11 Å². The highest BCUT2D eigenvalue weighted by Gasteiger charge is 2.18. The van der Waals surface area contributed by atoms with Crippen molar-refractivity contribution in [3.05, 3.63) is 54.2 Å². The van der Waals surface area contributed by atoms with Crippen LogP contribution in [0.5, 0.6) is 17.4 Å². The molecule has 0 aliphatic rings. The van der Waals surface area contributed by atoms with Crippen LogP contribution in [0.3, 0.4) is 0 Å². The zero-order valence-corrected chi connectivity index (χ0v) is 13.5. The summed E-state index contributed by atoms with van der Waals surface area (Å²) in [6.45, 7) is -2.91. The Morgan fingerprint density at radius 1 is 1.12 bits per heavy atom. The Morgan fingerprint density at radius 3 is 2.54 bits per heavy atom. The van der Waals surface area contributed by atoms with Gasteiger partial charge in [0.1, 0.15) is 11.5 Å². The highest BCUT2D eigenvalue weighted by atomic mass is 19.3. The van der Waals surface area contributed by atoms with Crippen molar-refractivity contribution in [3.8, 4) is 28.5 Å². The molecule has 3 aromatic rings. The number of aromatic amines is 1. The summed E-state index contributed by atoms with van der Waals surface area (Å²) in [6.07, 6.45) is 0. The number of carbonyl (C=O) groups is 1. The molecule has 0 saturated carbocycles. The van der Waals surface area contributed by atoms with Crippen LogP contribution in [0.4, 0.5) is 8.78 Å². The van der Waals surface area contributed by atoms with Gasteiger partial charge in [-0.2, -0.15) is 8.78 Å². The molecular weight excluding hydrogens is 348 g/mol. The average Bonchev–Trinajstić information content (AvgIpc) is 3.10. The average molecular weight is 361 g/mol. The van der Waals surface area contributed by atoms with E-state index < -0.39 is 12.6 Å². The summed E-state index contributed by atoms with van der Waals surface area (Å²) in [4.78, 5) is 11.6. The lowest BCUT2D eigenvalue weighted by Crippen LogP contribution is -2.04. The number of nitrogens with zero attached hydrogens (tertiary/aromatic N) is 2. The first-order valence-electron chi connectivity index (χ1n) is 7.40. The first-order valence-corrected chi connectivity index (χ1v) is 7.40. The van der Waals surface area contributed by atoms with Gasteiger partial charge in [0.2, 0.25) is 5.69 Å². The summed E-state index contributed by atoms with van der Waals surface area (Å²) in [5.41, 5.74) is 1.14. The molecule has 0 aliphatic heterocycles. The largest absolute Gasteiger partial charge is 0.464 e. The fraction of sp³-hybridized carbons (Fsp3) is 0.118. The fourth-order valence-corrected chi connectivity index (χ4v) is 2.24. The summed E-state index contributed by atoms with van der Waals surface area (Å²) in [6, 6.07) is 13.0. The molecule has 0 amide bonds. The van der Waals surface area contributed by atoms with E-state index >= 15 is 0 Å². The van der Waals surface area contributed by atoms with Gasteiger partial charge in [0, 0.05) is 5.56 Å². The molecule has 1 heterocycles. The molecule has 0 saturated heterocycles. The number of alkyl halides is 2. The van der Waals surface area contributed by atoms with E-state index in [4.69, 9.17) is 4.74 Å². The van der Waals surface area contributed by atoms with Crippen LogP contribution in [0, 0.1) is 0 Å². The Hall–Kier alpha value is -3.49. The van der Waals surface area contributed by atoms with Crippen LogP contribution in [0.2, 0.25) is 0 Å². The van der Waals surface area contributed by atoms with Gasteiger partial charge in [-0.1, -0.05) is 40.6 Å². The third-order valence-electron chi connectivity index (χ3n) is 3.39. The van der Waals surface area contributed by atoms with Crippen molar-refractivity contribution in [2.75, 3.05) is 7.11 Å². The number of carbonyl (C=O) groups excluding carboxylic acids is 1. The maximum Gasteiger partial charge on any atom is 0.387 e. The number of rotatable bonds is 6. The predicted octanol–water partition coefficient (Wildman–Crippen LogP) is 3.65. The van der Waals surface area contributed by atoms with Gasteiger partial charge in [-0.15, -0.1) is 0 Å². The number of aromatic nitrogens is 3. The monoisotopic (exact) mass is 361 g/mol. The Bertz CT molecular complexity index is 897. The molecule has 0 atom stereocenters. The quantitative estimate of drug-likeness (QED) is 0.675. The summed E-state index contributed by atoms with van der Waals surface area (Å²) in [5, 5.41) is 9.57. The number of hydrogen-bond acceptors (Lipinski definition) is 6. The molecule has 134 valence electrons. The van der Waals surface area contributed by atoms with Gasteiger partial charge in [-0.05, 0) is 23.8 Å². The summed E-state index contributed by atoms with van der Waals surface area (Å²) in [7, 11) is 1.22. The molecule has 1 N–H and O–H groups in total. The SMILES string of the molecule is COC(=O)c1[nH]nnc1Oc1ccc(-c2ccccc2OC(F)F)cc1. The van der Waals surface area contributed by atoms with Gasteiger partial charge >= 0.3 is 12.6 Å². The van der Waals surface area contributed by atoms with E-state index in [1.807, 2.05) is 0 Å². The highest BCUT2D eigenvalue weighted by Crippen LogP contribution is 2.32. The van der Waals surface area contributed by atoms with Crippen molar-refractivity contribution in [3.63, 3.8) is 0 Å². The van der Waals surface area contributed by atoms with E-state index in [0.29, 0.717) is 16.9 Å². The zero-order chi connectivity index (χ0) is 18.5. The zero-order valence-electron chi connectivity index (χ0n) is 13.5. The number of benzene rings is 2. The summed E-state index contributed by atoms with van der Waals surface area (Å²) in [5.74, 6) is -0.258.